The highest BCUT2D eigenvalue weighted by molar-refractivity contribution is 6.16. The highest BCUT2D eigenvalue weighted by Crippen LogP contribution is 2.23. The van der Waals surface area contributed by atoms with Gasteiger partial charge in [-0.15, -0.1) is 11.6 Å². The van der Waals surface area contributed by atoms with Crippen LogP contribution in [0.4, 0.5) is 0 Å². The van der Waals surface area contributed by atoms with Gasteiger partial charge in [-0.1, -0.05) is 0 Å². The van der Waals surface area contributed by atoms with E-state index in [0.717, 1.165) is 41.3 Å². The van der Waals surface area contributed by atoms with E-state index in [-0.39, 0.29) is 0 Å². The summed E-state index contributed by atoms with van der Waals surface area (Å²) in [6, 6.07) is 5.86. The van der Waals surface area contributed by atoms with Crippen molar-refractivity contribution in [2.45, 2.75) is 25.9 Å². The molecule has 0 aliphatic heterocycles. The van der Waals surface area contributed by atoms with Crippen LogP contribution in [-0.2, 0) is 19.0 Å². The van der Waals surface area contributed by atoms with Crippen LogP contribution in [-0.4, -0.2) is 26.4 Å². The minimum atomic E-state index is 0.384. The molecule has 0 aliphatic carbocycles. The second kappa shape index (κ2) is 5.77. The van der Waals surface area contributed by atoms with Gasteiger partial charge >= 0.3 is 0 Å². The van der Waals surface area contributed by atoms with Gasteiger partial charge in [0.05, 0.1) is 36.8 Å². The number of nitrogens with zero attached hydrogens (tertiary/aromatic N) is 4. The van der Waals surface area contributed by atoms with Crippen LogP contribution in [0.25, 0.3) is 11.0 Å². The highest BCUT2D eigenvalue weighted by atomic mass is 35.5. The molecule has 0 aliphatic rings. The van der Waals surface area contributed by atoms with Crippen molar-refractivity contribution in [2.75, 3.05) is 7.11 Å². The number of fused-ring (bicyclic) bond motifs is 1. The lowest BCUT2D eigenvalue weighted by atomic mass is 10.3. The van der Waals surface area contributed by atoms with Gasteiger partial charge in [0.15, 0.2) is 0 Å². The molecule has 0 amide bonds. The van der Waals surface area contributed by atoms with E-state index in [9.17, 15) is 0 Å². The van der Waals surface area contributed by atoms with Crippen LogP contribution < -0.4 is 4.74 Å². The lowest BCUT2D eigenvalue weighted by Gasteiger charge is -2.08. The van der Waals surface area contributed by atoms with Gasteiger partial charge in [0.1, 0.15) is 11.6 Å². The molecule has 0 radical (unpaired) electrons. The number of aromatic nitrogens is 4. The number of halogens is 1. The van der Waals surface area contributed by atoms with Gasteiger partial charge in [-0.25, -0.2) is 4.98 Å². The molecule has 1 aromatic carbocycles. The molecule has 0 bridgehead atoms. The maximum Gasteiger partial charge on any atom is 0.124 e. The first-order valence-electron chi connectivity index (χ1n) is 6.79. The van der Waals surface area contributed by atoms with Gasteiger partial charge in [-0.3, -0.25) is 4.68 Å². The zero-order chi connectivity index (χ0) is 14.8. The standard InChI is InChI=1S/C15H17ClN4O/c1-11-9-17-19(10-11)5-6-20-14-7-12(21-2)3-4-13(14)18-15(20)8-16/h3-4,7,9-10H,5-6,8H2,1-2H3. The lowest BCUT2D eigenvalue weighted by Crippen LogP contribution is -2.10. The molecule has 3 rings (SSSR count). The number of hydrogen-bond donors (Lipinski definition) is 0. The van der Waals surface area contributed by atoms with Crippen molar-refractivity contribution >= 4 is 22.6 Å². The maximum atomic E-state index is 6.03. The van der Waals surface area contributed by atoms with Gasteiger partial charge in [-0.2, -0.15) is 5.10 Å². The molecular weight excluding hydrogens is 288 g/mol. The first kappa shape index (κ1) is 13.9. The largest absolute Gasteiger partial charge is 0.497 e. The third-order valence-corrected chi connectivity index (χ3v) is 3.71. The molecule has 110 valence electrons. The molecule has 5 nitrogen and oxygen atoms in total. The van der Waals surface area contributed by atoms with Crippen molar-refractivity contribution < 1.29 is 4.74 Å². The van der Waals surface area contributed by atoms with Crippen molar-refractivity contribution in [3.8, 4) is 5.75 Å². The summed E-state index contributed by atoms with van der Waals surface area (Å²) in [6.07, 6.45) is 3.89. The molecule has 21 heavy (non-hydrogen) atoms. The number of benzene rings is 1. The quantitative estimate of drug-likeness (QED) is 0.681. The SMILES string of the molecule is COc1ccc2nc(CCl)n(CCn3cc(C)cn3)c2c1. The van der Waals surface area contributed by atoms with Crippen LogP contribution in [0.1, 0.15) is 11.4 Å². The van der Waals surface area contributed by atoms with Crippen LogP contribution in [0.3, 0.4) is 0 Å². The van der Waals surface area contributed by atoms with Crippen LogP contribution >= 0.6 is 11.6 Å². The van der Waals surface area contributed by atoms with E-state index in [0.29, 0.717) is 5.88 Å². The lowest BCUT2D eigenvalue weighted by molar-refractivity contribution is 0.415. The fourth-order valence-corrected chi connectivity index (χ4v) is 2.63. The normalized spacial score (nSPS) is 11.2. The summed E-state index contributed by atoms with van der Waals surface area (Å²) >= 11 is 6.03. The van der Waals surface area contributed by atoms with E-state index in [1.54, 1.807) is 7.11 Å². The van der Waals surface area contributed by atoms with E-state index >= 15 is 0 Å². The zero-order valence-electron chi connectivity index (χ0n) is 12.1. The Hall–Kier alpha value is -2.01. The number of alkyl halides is 1. The summed E-state index contributed by atoms with van der Waals surface area (Å²) < 4.78 is 9.35. The van der Waals surface area contributed by atoms with Crippen LogP contribution in [0.2, 0.25) is 0 Å². The molecule has 0 saturated heterocycles. The van der Waals surface area contributed by atoms with Gasteiger partial charge in [0, 0.05) is 18.8 Å². The molecule has 2 heterocycles. The van der Waals surface area contributed by atoms with E-state index in [1.165, 1.54) is 0 Å². The van der Waals surface area contributed by atoms with Gasteiger partial charge in [0.2, 0.25) is 0 Å². The topological polar surface area (TPSA) is 44.9 Å². The molecule has 0 N–H and O–H groups in total. The molecular formula is C15H17ClN4O. The van der Waals surface area contributed by atoms with Crippen LogP contribution in [0.5, 0.6) is 5.75 Å². The Morgan fingerprint density at radius 1 is 1.29 bits per heavy atom. The number of imidazole rings is 1. The van der Waals surface area contributed by atoms with Gasteiger partial charge in [-0.05, 0) is 24.6 Å². The fourth-order valence-electron chi connectivity index (χ4n) is 2.42. The molecule has 0 saturated carbocycles. The predicted molar refractivity (Wildman–Crippen MR) is 82.8 cm³/mol. The summed E-state index contributed by atoms with van der Waals surface area (Å²) in [7, 11) is 1.66. The molecule has 0 fully saturated rings. The van der Waals surface area contributed by atoms with E-state index < -0.39 is 0 Å². The predicted octanol–water partition coefficient (Wildman–Crippen LogP) is 2.99. The summed E-state index contributed by atoms with van der Waals surface area (Å²) in [5.41, 5.74) is 3.13. The van der Waals surface area contributed by atoms with E-state index in [4.69, 9.17) is 16.3 Å². The minimum absolute atomic E-state index is 0.384. The third-order valence-electron chi connectivity index (χ3n) is 3.47. The Balaban J connectivity index is 1.94. The van der Waals surface area contributed by atoms with Crippen LogP contribution in [0, 0.1) is 6.92 Å². The monoisotopic (exact) mass is 304 g/mol. The second-order valence-corrected chi connectivity index (χ2v) is 5.22. The molecule has 6 heteroatoms. The summed E-state index contributed by atoms with van der Waals surface area (Å²) in [5.74, 6) is 2.07. The molecule has 0 unspecified atom stereocenters. The van der Waals surface area contributed by atoms with Gasteiger partial charge in [0.25, 0.3) is 0 Å². The maximum absolute atomic E-state index is 6.03. The Bertz CT molecular complexity index is 762. The zero-order valence-corrected chi connectivity index (χ0v) is 12.8. The number of methoxy groups -OCH3 is 1. The van der Waals surface area contributed by atoms with Crippen molar-refractivity contribution in [1.82, 2.24) is 19.3 Å². The fraction of sp³-hybridized carbons (Fsp3) is 0.333. The van der Waals surface area contributed by atoms with Crippen molar-refractivity contribution in [3.63, 3.8) is 0 Å². The molecule has 2 aromatic heterocycles. The summed E-state index contributed by atoms with van der Waals surface area (Å²) in [5, 5.41) is 4.31. The number of rotatable bonds is 5. The summed E-state index contributed by atoms with van der Waals surface area (Å²) in [6.45, 7) is 3.58. The van der Waals surface area contributed by atoms with Crippen molar-refractivity contribution in [2.24, 2.45) is 0 Å². The average molecular weight is 305 g/mol. The molecule has 3 aromatic rings. The van der Waals surface area contributed by atoms with Crippen molar-refractivity contribution in [1.29, 1.82) is 0 Å². The first-order valence-corrected chi connectivity index (χ1v) is 7.33. The number of aryl methyl sites for hydroxylation is 3. The smallest absolute Gasteiger partial charge is 0.124 e. The summed E-state index contributed by atoms with van der Waals surface area (Å²) in [4.78, 5) is 4.57. The molecule has 0 spiro atoms. The third kappa shape index (κ3) is 2.74. The number of ether oxygens (including phenoxy) is 1. The Morgan fingerprint density at radius 2 is 2.14 bits per heavy atom. The Kier molecular flexibility index (Phi) is 3.84. The first-order chi connectivity index (χ1) is 10.2. The average Bonchev–Trinajstić information content (AvgIpc) is 3.07. The Morgan fingerprint density at radius 3 is 2.81 bits per heavy atom. The minimum Gasteiger partial charge on any atom is -0.497 e. The highest BCUT2D eigenvalue weighted by Gasteiger charge is 2.11. The van der Waals surface area contributed by atoms with Crippen molar-refractivity contribution in [3.05, 3.63) is 42.0 Å². The second-order valence-electron chi connectivity index (χ2n) is 4.95. The molecule has 0 atom stereocenters. The van der Waals surface area contributed by atoms with E-state index in [1.807, 2.05) is 42.2 Å². The number of hydrogen-bond acceptors (Lipinski definition) is 3. The van der Waals surface area contributed by atoms with Gasteiger partial charge < -0.3 is 9.30 Å². The van der Waals surface area contributed by atoms with E-state index in [2.05, 4.69) is 14.6 Å². The Labute approximate surface area is 128 Å². The van der Waals surface area contributed by atoms with Crippen LogP contribution in [0.15, 0.2) is 30.6 Å².